The van der Waals surface area contributed by atoms with Gasteiger partial charge < -0.3 is 9.80 Å². The molecule has 0 saturated carbocycles. The van der Waals surface area contributed by atoms with Gasteiger partial charge in [0.1, 0.15) is 0 Å². The number of amides is 2. The summed E-state index contributed by atoms with van der Waals surface area (Å²) in [6.07, 6.45) is 3.55. The third kappa shape index (κ3) is 2.64. The molecule has 0 unspecified atom stereocenters. The minimum Gasteiger partial charge on any atom is -0.325 e. The summed E-state index contributed by atoms with van der Waals surface area (Å²) in [4.78, 5) is 16.2. The molecule has 3 heteroatoms. The molecule has 0 aliphatic carbocycles. The number of carbonyl (C=O) groups excluding carboxylic acids is 1. The highest BCUT2D eigenvalue weighted by molar-refractivity contribution is 5.75. The summed E-state index contributed by atoms with van der Waals surface area (Å²) >= 11 is 0. The summed E-state index contributed by atoms with van der Waals surface area (Å²) in [5, 5.41) is 0. The van der Waals surface area contributed by atoms with Gasteiger partial charge in [0, 0.05) is 25.2 Å². The first-order valence-electron chi connectivity index (χ1n) is 6.19. The van der Waals surface area contributed by atoms with Crippen molar-refractivity contribution in [2.24, 2.45) is 0 Å². The summed E-state index contributed by atoms with van der Waals surface area (Å²) in [5.74, 6) is 0. The van der Waals surface area contributed by atoms with Crippen LogP contribution >= 0.6 is 0 Å². The Balaban J connectivity index is 2.70. The molecule has 2 amide bonds. The average Bonchev–Trinajstić information content (AvgIpc) is 2.19. The molecule has 0 bridgehead atoms. The van der Waals surface area contributed by atoms with E-state index in [4.69, 9.17) is 0 Å². The zero-order chi connectivity index (χ0) is 11.4. The smallest absolute Gasteiger partial charge is 0.320 e. The maximum Gasteiger partial charge on any atom is 0.320 e. The van der Waals surface area contributed by atoms with Crippen molar-refractivity contribution in [2.45, 2.75) is 59.0 Å². The molecule has 0 N–H and O–H groups in total. The number of hydrogen-bond donors (Lipinski definition) is 0. The van der Waals surface area contributed by atoms with Gasteiger partial charge in [-0.05, 0) is 47.0 Å². The molecule has 1 heterocycles. The van der Waals surface area contributed by atoms with E-state index in [2.05, 4.69) is 18.7 Å². The molecule has 0 aromatic heterocycles. The molecule has 1 fully saturated rings. The van der Waals surface area contributed by atoms with Gasteiger partial charge in [-0.15, -0.1) is 0 Å². The Kier molecular flexibility index (Phi) is 4.43. The summed E-state index contributed by atoms with van der Waals surface area (Å²) in [6, 6.07) is 1.03. The number of piperidine rings is 1. The molecule has 0 radical (unpaired) electrons. The number of carbonyl (C=O) groups is 1. The molecular weight excluding hydrogens is 188 g/mol. The van der Waals surface area contributed by atoms with E-state index in [1.807, 2.05) is 18.7 Å². The van der Waals surface area contributed by atoms with Crippen LogP contribution in [0.1, 0.15) is 47.0 Å². The molecule has 3 nitrogen and oxygen atoms in total. The van der Waals surface area contributed by atoms with Crippen molar-refractivity contribution in [3.8, 4) is 0 Å². The predicted octanol–water partition coefficient (Wildman–Crippen LogP) is 2.71. The first-order chi connectivity index (χ1) is 7.11. The van der Waals surface area contributed by atoms with Gasteiger partial charge in [0.2, 0.25) is 0 Å². The van der Waals surface area contributed by atoms with Crippen molar-refractivity contribution >= 4 is 6.03 Å². The fourth-order valence-electron chi connectivity index (χ4n) is 2.46. The maximum absolute atomic E-state index is 12.2. The van der Waals surface area contributed by atoms with Crippen LogP contribution in [0.3, 0.4) is 0 Å². The third-order valence-corrected chi connectivity index (χ3v) is 3.45. The van der Waals surface area contributed by atoms with Gasteiger partial charge in [0.05, 0.1) is 0 Å². The largest absolute Gasteiger partial charge is 0.325 e. The summed E-state index contributed by atoms with van der Waals surface area (Å²) in [6.45, 7) is 10.0. The van der Waals surface area contributed by atoms with Crippen LogP contribution in [0.5, 0.6) is 0 Å². The number of urea groups is 1. The van der Waals surface area contributed by atoms with Crippen molar-refractivity contribution < 1.29 is 4.79 Å². The molecular formula is C12H24N2O. The molecule has 1 rings (SSSR count). The molecule has 15 heavy (non-hydrogen) atoms. The van der Waals surface area contributed by atoms with E-state index in [1.54, 1.807) is 0 Å². The summed E-state index contributed by atoms with van der Waals surface area (Å²) in [5.41, 5.74) is 0. The minimum absolute atomic E-state index is 0.222. The van der Waals surface area contributed by atoms with Crippen LogP contribution in [-0.2, 0) is 0 Å². The quantitative estimate of drug-likeness (QED) is 0.690. The average molecular weight is 212 g/mol. The maximum atomic E-state index is 12.2. The van der Waals surface area contributed by atoms with Crippen LogP contribution in [0.25, 0.3) is 0 Å². The van der Waals surface area contributed by atoms with Crippen LogP contribution in [-0.4, -0.2) is 41.0 Å². The number of rotatable bonds is 2. The number of hydrogen-bond acceptors (Lipinski definition) is 1. The fraction of sp³-hybridized carbons (Fsp3) is 0.917. The predicted molar refractivity (Wildman–Crippen MR) is 62.9 cm³/mol. The lowest BCUT2D eigenvalue weighted by Gasteiger charge is -2.41. The van der Waals surface area contributed by atoms with Crippen LogP contribution < -0.4 is 0 Å². The zero-order valence-corrected chi connectivity index (χ0v) is 10.5. The monoisotopic (exact) mass is 212 g/mol. The standard InChI is InChI=1S/C12H24N2O/c1-5-13(6-2)12(15)14-10(3)8-7-9-11(14)4/h10-11H,5-9H2,1-4H3/t10-,11+. The normalized spacial score (nSPS) is 26.5. The van der Waals surface area contributed by atoms with E-state index >= 15 is 0 Å². The second-order valence-corrected chi connectivity index (χ2v) is 4.49. The highest BCUT2D eigenvalue weighted by Gasteiger charge is 2.30. The third-order valence-electron chi connectivity index (χ3n) is 3.45. The van der Waals surface area contributed by atoms with Gasteiger partial charge in [-0.25, -0.2) is 4.79 Å². The van der Waals surface area contributed by atoms with Crippen LogP contribution in [0, 0.1) is 0 Å². The number of nitrogens with zero attached hydrogens (tertiary/aromatic N) is 2. The van der Waals surface area contributed by atoms with Crippen LogP contribution in [0.4, 0.5) is 4.79 Å². The van der Waals surface area contributed by atoms with E-state index in [1.165, 1.54) is 6.42 Å². The van der Waals surface area contributed by atoms with Crippen LogP contribution in [0.15, 0.2) is 0 Å². The molecule has 1 aliphatic heterocycles. The van der Waals surface area contributed by atoms with Crippen molar-refractivity contribution in [1.82, 2.24) is 9.80 Å². The van der Waals surface area contributed by atoms with Gasteiger partial charge >= 0.3 is 6.03 Å². The van der Waals surface area contributed by atoms with Gasteiger partial charge in [0.25, 0.3) is 0 Å². The summed E-state index contributed by atoms with van der Waals surface area (Å²) in [7, 11) is 0. The molecule has 0 spiro atoms. The van der Waals surface area contributed by atoms with Gasteiger partial charge in [0.15, 0.2) is 0 Å². The second-order valence-electron chi connectivity index (χ2n) is 4.49. The van der Waals surface area contributed by atoms with Crippen molar-refractivity contribution in [3.63, 3.8) is 0 Å². The number of likely N-dealkylation sites (tertiary alicyclic amines) is 1. The molecule has 1 saturated heterocycles. The van der Waals surface area contributed by atoms with Gasteiger partial charge in [-0.3, -0.25) is 0 Å². The molecule has 1 aliphatic rings. The zero-order valence-electron chi connectivity index (χ0n) is 10.5. The highest BCUT2D eigenvalue weighted by atomic mass is 16.2. The highest BCUT2D eigenvalue weighted by Crippen LogP contribution is 2.23. The molecule has 0 aromatic rings. The first kappa shape index (κ1) is 12.3. The lowest BCUT2D eigenvalue weighted by Crippen LogP contribution is -2.53. The van der Waals surface area contributed by atoms with Crippen molar-refractivity contribution in [2.75, 3.05) is 13.1 Å². The second kappa shape index (κ2) is 5.38. The van der Waals surface area contributed by atoms with Crippen LogP contribution in [0.2, 0.25) is 0 Å². The minimum atomic E-state index is 0.222. The Bertz CT molecular complexity index is 204. The van der Waals surface area contributed by atoms with E-state index in [0.29, 0.717) is 12.1 Å². The fourth-order valence-corrected chi connectivity index (χ4v) is 2.46. The van der Waals surface area contributed by atoms with Crippen molar-refractivity contribution in [1.29, 1.82) is 0 Å². The molecule has 2 atom stereocenters. The molecule has 0 aromatic carbocycles. The Morgan fingerprint density at radius 2 is 1.67 bits per heavy atom. The summed E-state index contributed by atoms with van der Waals surface area (Å²) < 4.78 is 0. The lowest BCUT2D eigenvalue weighted by molar-refractivity contribution is 0.0949. The van der Waals surface area contributed by atoms with Gasteiger partial charge in [-0.2, -0.15) is 0 Å². The van der Waals surface area contributed by atoms with Crippen molar-refractivity contribution in [3.05, 3.63) is 0 Å². The topological polar surface area (TPSA) is 23.6 Å². The lowest BCUT2D eigenvalue weighted by atomic mass is 9.98. The Morgan fingerprint density at radius 1 is 1.20 bits per heavy atom. The van der Waals surface area contributed by atoms with E-state index in [-0.39, 0.29) is 6.03 Å². The van der Waals surface area contributed by atoms with E-state index < -0.39 is 0 Å². The first-order valence-corrected chi connectivity index (χ1v) is 6.19. The SMILES string of the molecule is CCN(CC)C(=O)N1[C@H](C)CCC[C@@H]1C. The Morgan fingerprint density at radius 3 is 2.07 bits per heavy atom. The van der Waals surface area contributed by atoms with E-state index in [0.717, 1.165) is 25.9 Å². The van der Waals surface area contributed by atoms with E-state index in [9.17, 15) is 4.79 Å². The Labute approximate surface area is 93.4 Å². The molecule has 88 valence electrons. The van der Waals surface area contributed by atoms with Gasteiger partial charge in [-0.1, -0.05) is 0 Å². The Hall–Kier alpha value is -0.730.